The van der Waals surface area contributed by atoms with E-state index in [1.54, 1.807) is 0 Å². The molecule has 0 aromatic rings. The summed E-state index contributed by atoms with van der Waals surface area (Å²) in [5.74, 6) is 1.80. The van der Waals surface area contributed by atoms with Gasteiger partial charge in [-0.15, -0.1) is 0 Å². The summed E-state index contributed by atoms with van der Waals surface area (Å²) in [6, 6.07) is 0. The first-order valence-electron chi connectivity index (χ1n) is 4.99. The molecule has 0 aliphatic heterocycles. The first-order chi connectivity index (χ1) is 5.20. The zero-order valence-corrected chi connectivity index (χ0v) is 8.40. The Morgan fingerprint density at radius 2 is 1.64 bits per heavy atom. The highest BCUT2D eigenvalue weighted by molar-refractivity contribution is 4.59. The molecule has 0 aromatic heterocycles. The highest BCUT2D eigenvalue weighted by atomic mass is 14.1. The number of hydrogen-bond acceptors (Lipinski definition) is 0. The molecule has 0 heteroatoms. The Labute approximate surface area is 72.4 Å². The lowest BCUT2D eigenvalue weighted by Gasteiger charge is -2.15. The van der Waals surface area contributed by atoms with Crippen LogP contribution in [0.5, 0.6) is 0 Å². The van der Waals surface area contributed by atoms with Gasteiger partial charge in [0.15, 0.2) is 0 Å². The normalized spacial score (nSPS) is 16.4. The standard InChI is InChI=1S/C11H23/c1-5-7-10(3)9-11(4)8-6-2/h10-11H,1,5-9H2,2-4H3. The van der Waals surface area contributed by atoms with Crippen LogP contribution in [0, 0.1) is 18.8 Å². The minimum atomic E-state index is 0.883. The van der Waals surface area contributed by atoms with Gasteiger partial charge in [0.2, 0.25) is 0 Å². The summed E-state index contributed by atoms with van der Waals surface area (Å²) in [5.41, 5.74) is 0. The summed E-state index contributed by atoms with van der Waals surface area (Å²) >= 11 is 0. The number of rotatable bonds is 6. The highest BCUT2D eigenvalue weighted by Crippen LogP contribution is 2.19. The molecular weight excluding hydrogens is 132 g/mol. The van der Waals surface area contributed by atoms with Gasteiger partial charge in [-0.05, 0) is 18.3 Å². The summed E-state index contributed by atoms with van der Waals surface area (Å²) in [6.45, 7) is 10.9. The third-order valence-electron chi connectivity index (χ3n) is 2.28. The van der Waals surface area contributed by atoms with Gasteiger partial charge < -0.3 is 0 Å². The zero-order chi connectivity index (χ0) is 8.69. The van der Waals surface area contributed by atoms with E-state index in [0.29, 0.717) is 0 Å². The van der Waals surface area contributed by atoms with Gasteiger partial charge in [0, 0.05) is 0 Å². The average Bonchev–Trinajstić information content (AvgIpc) is 1.87. The Hall–Kier alpha value is 0. The van der Waals surface area contributed by atoms with Crippen LogP contribution in [-0.4, -0.2) is 0 Å². The third kappa shape index (κ3) is 6.40. The summed E-state index contributed by atoms with van der Waals surface area (Å²) < 4.78 is 0. The monoisotopic (exact) mass is 155 g/mol. The maximum absolute atomic E-state index is 3.88. The van der Waals surface area contributed by atoms with Gasteiger partial charge in [-0.3, -0.25) is 0 Å². The van der Waals surface area contributed by atoms with Crippen LogP contribution in [0.1, 0.15) is 52.9 Å². The molecule has 0 heterocycles. The molecule has 0 aliphatic rings. The van der Waals surface area contributed by atoms with Gasteiger partial charge in [0.05, 0.1) is 0 Å². The second-order valence-electron chi connectivity index (χ2n) is 3.88. The van der Waals surface area contributed by atoms with Crippen LogP contribution in [0.15, 0.2) is 0 Å². The minimum Gasteiger partial charge on any atom is -0.0654 e. The number of hydrogen-bond donors (Lipinski definition) is 0. The van der Waals surface area contributed by atoms with Gasteiger partial charge in [-0.1, -0.05) is 53.4 Å². The minimum absolute atomic E-state index is 0.883. The third-order valence-corrected chi connectivity index (χ3v) is 2.28. The second kappa shape index (κ2) is 6.69. The Kier molecular flexibility index (Phi) is 6.69. The largest absolute Gasteiger partial charge is 0.0654 e. The van der Waals surface area contributed by atoms with E-state index in [4.69, 9.17) is 0 Å². The van der Waals surface area contributed by atoms with Gasteiger partial charge >= 0.3 is 0 Å². The molecule has 0 aliphatic carbocycles. The molecule has 0 fully saturated rings. The fourth-order valence-electron chi connectivity index (χ4n) is 1.76. The lowest BCUT2D eigenvalue weighted by Crippen LogP contribution is -2.02. The van der Waals surface area contributed by atoms with Crippen molar-refractivity contribution in [1.82, 2.24) is 0 Å². The second-order valence-corrected chi connectivity index (χ2v) is 3.88. The molecule has 0 rings (SSSR count). The van der Waals surface area contributed by atoms with Crippen LogP contribution in [0.4, 0.5) is 0 Å². The summed E-state index contributed by atoms with van der Waals surface area (Å²) in [7, 11) is 0. The topological polar surface area (TPSA) is 0 Å². The Morgan fingerprint density at radius 1 is 1.09 bits per heavy atom. The molecule has 11 heavy (non-hydrogen) atoms. The molecule has 0 saturated heterocycles. The molecule has 0 amide bonds. The van der Waals surface area contributed by atoms with E-state index in [0.717, 1.165) is 18.3 Å². The van der Waals surface area contributed by atoms with E-state index >= 15 is 0 Å². The van der Waals surface area contributed by atoms with E-state index in [9.17, 15) is 0 Å². The Morgan fingerprint density at radius 3 is 2.09 bits per heavy atom. The van der Waals surface area contributed by atoms with Crippen molar-refractivity contribution in [2.45, 2.75) is 52.9 Å². The fourth-order valence-corrected chi connectivity index (χ4v) is 1.76. The van der Waals surface area contributed by atoms with Crippen LogP contribution in [0.25, 0.3) is 0 Å². The predicted octanol–water partition coefficient (Wildman–Crippen LogP) is 4.06. The first kappa shape index (κ1) is 11.0. The van der Waals surface area contributed by atoms with E-state index in [2.05, 4.69) is 27.7 Å². The SMILES string of the molecule is [CH2]CCC(C)CC(C)CCC. The predicted molar refractivity (Wildman–Crippen MR) is 52.4 cm³/mol. The van der Waals surface area contributed by atoms with Crippen LogP contribution in [0.3, 0.4) is 0 Å². The quantitative estimate of drug-likeness (QED) is 0.542. The van der Waals surface area contributed by atoms with Crippen molar-refractivity contribution in [2.75, 3.05) is 0 Å². The van der Waals surface area contributed by atoms with Crippen molar-refractivity contribution in [3.8, 4) is 0 Å². The van der Waals surface area contributed by atoms with Crippen LogP contribution in [0.2, 0.25) is 0 Å². The zero-order valence-electron chi connectivity index (χ0n) is 8.40. The first-order valence-corrected chi connectivity index (χ1v) is 4.99. The molecule has 2 atom stereocenters. The van der Waals surface area contributed by atoms with Gasteiger partial charge in [0.1, 0.15) is 0 Å². The van der Waals surface area contributed by atoms with E-state index < -0.39 is 0 Å². The lowest BCUT2D eigenvalue weighted by atomic mass is 9.91. The molecule has 2 unspecified atom stereocenters. The van der Waals surface area contributed by atoms with Crippen molar-refractivity contribution in [1.29, 1.82) is 0 Å². The molecule has 0 nitrogen and oxygen atoms in total. The molecule has 67 valence electrons. The van der Waals surface area contributed by atoms with Crippen LogP contribution < -0.4 is 0 Å². The van der Waals surface area contributed by atoms with E-state index in [1.807, 2.05) is 0 Å². The molecule has 0 saturated carbocycles. The smallest absolute Gasteiger partial charge is 0.0440 e. The van der Waals surface area contributed by atoms with Gasteiger partial charge in [-0.2, -0.15) is 0 Å². The fraction of sp³-hybridized carbons (Fsp3) is 0.909. The lowest BCUT2D eigenvalue weighted by molar-refractivity contribution is 0.377. The van der Waals surface area contributed by atoms with Crippen LogP contribution >= 0.6 is 0 Å². The van der Waals surface area contributed by atoms with Crippen molar-refractivity contribution in [3.05, 3.63) is 6.92 Å². The van der Waals surface area contributed by atoms with E-state index in [1.165, 1.54) is 25.7 Å². The molecular formula is C11H23. The molecule has 0 N–H and O–H groups in total. The highest BCUT2D eigenvalue weighted by Gasteiger charge is 2.06. The molecule has 1 radical (unpaired) electrons. The summed E-state index contributed by atoms with van der Waals surface area (Å²) in [6.07, 6.45) is 6.51. The summed E-state index contributed by atoms with van der Waals surface area (Å²) in [5, 5.41) is 0. The van der Waals surface area contributed by atoms with Crippen molar-refractivity contribution in [2.24, 2.45) is 11.8 Å². The summed E-state index contributed by atoms with van der Waals surface area (Å²) in [4.78, 5) is 0. The van der Waals surface area contributed by atoms with Gasteiger partial charge in [0.25, 0.3) is 0 Å². The van der Waals surface area contributed by atoms with Gasteiger partial charge in [-0.25, -0.2) is 0 Å². The van der Waals surface area contributed by atoms with Crippen LogP contribution in [-0.2, 0) is 0 Å². The van der Waals surface area contributed by atoms with Crippen molar-refractivity contribution < 1.29 is 0 Å². The van der Waals surface area contributed by atoms with E-state index in [-0.39, 0.29) is 0 Å². The average molecular weight is 155 g/mol. The molecule has 0 spiro atoms. The van der Waals surface area contributed by atoms with Crippen molar-refractivity contribution in [3.63, 3.8) is 0 Å². The maximum atomic E-state index is 3.88. The Bertz CT molecular complexity index is 66.1. The molecule has 0 aromatic carbocycles. The molecule has 0 bridgehead atoms. The Balaban J connectivity index is 3.32. The van der Waals surface area contributed by atoms with Crippen molar-refractivity contribution >= 4 is 0 Å². The maximum Gasteiger partial charge on any atom is -0.0440 e.